The van der Waals surface area contributed by atoms with Gasteiger partial charge in [0.25, 0.3) is 0 Å². The molecule has 0 fully saturated rings. The van der Waals surface area contributed by atoms with Crippen LogP contribution in [0.15, 0.2) is 47.2 Å². The number of carbonyl (C=O) groups excluding carboxylic acids is 1. The Bertz CT molecular complexity index is 557. The lowest BCUT2D eigenvalue weighted by Gasteiger charge is -2.16. The Kier molecular flexibility index (Phi) is 6.43. The van der Waals surface area contributed by atoms with Crippen molar-refractivity contribution in [1.29, 1.82) is 0 Å². The number of rotatable bonds is 7. The average molecular weight is 318 g/mol. The molecule has 5 heteroatoms. The number of benzene rings is 1. The van der Waals surface area contributed by atoms with Crippen LogP contribution in [0.1, 0.15) is 30.6 Å². The minimum absolute atomic E-state index is 0.0819. The minimum atomic E-state index is -0.656. The van der Waals surface area contributed by atoms with E-state index in [9.17, 15) is 9.90 Å². The standard InChI is InChI=1S/C17H22N2O2S/c1-13(7-8-14-5-3-2-4-6-14)19-17(21)18-11-16(20)15-9-10-22-12-15/h2-6,9-10,12-13,16,20H,7-8,11H2,1H3,(H2,18,19,21). The van der Waals surface area contributed by atoms with E-state index in [2.05, 4.69) is 22.8 Å². The predicted octanol–water partition coefficient (Wildman–Crippen LogP) is 3.10. The second-order valence-electron chi connectivity index (χ2n) is 5.35. The van der Waals surface area contributed by atoms with Gasteiger partial charge < -0.3 is 15.7 Å². The molecule has 0 saturated carbocycles. The summed E-state index contributed by atoms with van der Waals surface area (Å²) in [5.41, 5.74) is 2.10. The largest absolute Gasteiger partial charge is 0.387 e. The molecule has 3 N–H and O–H groups in total. The maximum Gasteiger partial charge on any atom is 0.315 e. The molecule has 0 bridgehead atoms. The Labute approximate surface area is 135 Å². The Morgan fingerprint density at radius 1 is 1.27 bits per heavy atom. The highest BCUT2D eigenvalue weighted by molar-refractivity contribution is 7.07. The lowest BCUT2D eigenvalue weighted by Crippen LogP contribution is -2.42. The summed E-state index contributed by atoms with van der Waals surface area (Å²) in [6.07, 6.45) is 1.15. The van der Waals surface area contributed by atoms with Crippen LogP contribution in [0.3, 0.4) is 0 Å². The molecule has 118 valence electrons. The second kappa shape index (κ2) is 8.56. The van der Waals surface area contributed by atoms with E-state index in [0.29, 0.717) is 0 Å². The zero-order chi connectivity index (χ0) is 15.8. The van der Waals surface area contributed by atoms with Crippen LogP contribution in [0.5, 0.6) is 0 Å². The number of amides is 2. The number of aliphatic hydroxyl groups is 1. The van der Waals surface area contributed by atoms with Gasteiger partial charge in [0.1, 0.15) is 0 Å². The average Bonchev–Trinajstić information content (AvgIpc) is 3.06. The third-order valence-electron chi connectivity index (χ3n) is 3.47. The van der Waals surface area contributed by atoms with Gasteiger partial charge in [-0.05, 0) is 47.7 Å². The van der Waals surface area contributed by atoms with Gasteiger partial charge in [0.2, 0.25) is 0 Å². The number of hydrogen-bond acceptors (Lipinski definition) is 3. The molecule has 1 aromatic carbocycles. The molecule has 0 aliphatic carbocycles. The van der Waals surface area contributed by atoms with Crippen molar-refractivity contribution in [2.45, 2.75) is 31.9 Å². The van der Waals surface area contributed by atoms with Crippen LogP contribution < -0.4 is 10.6 Å². The Morgan fingerprint density at radius 2 is 2.05 bits per heavy atom. The van der Waals surface area contributed by atoms with E-state index in [1.807, 2.05) is 41.9 Å². The molecule has 2 aromatic rings. The summed E-state index contributed by atoms with van der Waals surface area (Å²) in [6, 6.07) is 11.9. The normalized spacial score (nSPS) is 13.4. The predicted molar refractivity (Wildman–Crippen MR) is 90.0 cm³/mol. The van der Waals surface area contributed by atoms with E-state index in [1.165, 1.54) is 16.9 Å². The Hall–Kier alpha value is -1.85. The van der Waals surface area contributed by atoms with Crippen molar-refractivity contribution in [2.75, 3.05) is 6.54 Å². The van der Waals surface area contributed by atoms with Crippen molar-refractivity contribution >= 4 is 17.4 Å². The first-order chi connectivity index (χ1) is 10.6. The topological polar surface area (TPSA) is 61.4 Å². The van der Waals surface area contributed by atoms with E-state index >= 15 is 0 Å². The first kappa shape index (κ1) is 16.5. The fraction of sp³-hybridized carbons (Fsp3) is 0.353. The monoisotopic (exact) mass is 318 g/mol. The van der Waals surface area contributed by atoms with Gasteiger partial charge >= 0.3 is 6.03 Å². The van der Waals surface area contributed by atoms with Crippen LogP contribution in [-0.4, -0.2) is 23.7 Å². The first-order valence-corrected chi connectivity index (χ1v) is 8.38. The maximum absolute atomic E-state index is 11.8. The number of carbonyl (C=O) groups is 1. The molecule has 0 aliphatic heterocycles. The maximum atomic E-state index is 11.8. The van der Waals surface area contributed by atoms with Gasteiger partial charge in [0.15, 0.2) is 0 Å². The van der Waals surface area contributed by atoms with Crippen LogP contribution in [0.2, 0.25) is 0 Å². The molecular weight excluding hydrogens is 296 g/mol. The van der Waals surface area contributed by atoms with Crippen LogP contribution >= 0.6 is 11.3 Å². The zero-order valence-corrected chi connectivity index (χ0v) is 13.5. The van der Waals surface area contributed by atoms with Crippen LogP contribution in [-0.2, 0) is 6.42 Å². The lowest BCUT2D eigenvalue weighted by molar-refractivity contribution is 0.173. The summed E-state index contributed by atoms with van der Waals surface area (Å²) in [5.74, 6) is 0. The number of nitrogens with one attached hydrogen (secondary N) is 2. The van der Waals surface area contributed by atoms with E-state index in [4.69, 9.17) is 0 Å². The summed E-state index contributed by atoms with van der Waals surface area (Å²) in [6.45, 7) is 2.20. The highest BCUT2D eigenvalue weighted by Crippen LogP contribution is 2.14. The van der Waals surface area contributed by atoms with Crippen molar-refractivity contribution in [1.82, 2.24) is 10.6 Å². The lowest BCUT2D eigenvalue weighted by atomic mass is 10.1. The number of urea groups is 1. The molecule has 2 amide bonds. The summed E-state index contributed by atoms with van der Waals surface area (Å²) < 4.78 is 0. The minimum Gasteiger partial charge on any atom is -0.387 e. The van der Waals surface area contributed by atoms with Gasteiger partial charge in [-0.3, -0.25) is 0 Å². The van der Waals surface area contributed by atoms with E-state index in [-0.39, 0.29) is 18.6 Å². The molecule has 2 rings (SSSR count). The van der Waals surface area contributed by atoms with Gasteiger partial charge in [-0.15, -0.1) is 0 Å². The van der Waals surface area contributed by atoms with Crippen molar-refractivity contribution < 1.29 is 9.90 Å². The molecule has 4 nitrogen and oxygen atoms in total. The molecule has 1 heterocycles. The van der Waals surface area contributed by atoms with Crippen molar-refractivity contribution in [3.05, 3.63) is 58.3 Å². The molecule has 0 radical (unpaired) electrons. The quantitative estimate of drug-likeness (QED) is 0.734. The molecule has 2 atom stereocenters. The van der Waals surface area contributed by atoms with Gasteiger partial charge in [-0.1, -0.05) is 30.3 Å². The molecular formula is C17H22N2O2S. The van der Waals surface area contributed by atoms with E-state index in [1.54, 1.807) is 0 Å². The highest BCUT2D eigenvalue weighted by atomic mass is 32.1. The molecule has 1 aromatic heterocycles. The summed E-state index contributed by atoms with van der Waals surface area (Å²) >= 11 is 1.53. The van der Waals surface area contributed by atoms with Crippen molar-refractivity contribution in [3.63, 3.8) is 0 Å². The summed E-state index contributed by atoms with van der Waals surface area (Å²) in [4.78, 5) is 11.8. The third kappa shape index (κ3) is 5.50. The summed E-state index contributed by atoms with van der Waals surface area (Å²) in [5, 5.41) is 19.3. The number of hydrogen-bond donors (Lipinski definition) is 3. The van der Waals surface area contributed by atoms with Gasteiger partial charge in [0, 0.05) is 12.6 Å². The first-order valence-electron chi connectivity index (χ1n) is 7.43. The highest BCUT2D eigenvalue weighted by Gasteiger charge is 2.11. The fourth-order valence-corrected chi connectivity index (χ4v) is 2.85. The van der Waals surface area contributed by atoms with E-state index in [0.717, 1.165) is 18.4 Å². The van der Waals surface area contributed by atoms with E-state index < -0.39 is 6.10 Å². The molecule has 22 heavy (non-hydrogen) atoms. The van der Waals surface area contributed by atoms with Crippen LogP contribution in [0, 0.1) is 0 Å². The van der Waals surface area contributed by atoms with Crippen LogP contribution in [0.4, 0.5) is 4.79 Å². The van der Waals surface area contributed by atoms with Crippen molar-refractivity contribution in [3.8, 4) is 0 Å². The van der Waals surface area contributed by atoms with Crippen LogP contribution in [0.25, 0.3) is 0 Å². The Morgan fingerprint density at radius 3 is 2.73 bits per heavy atom. The number of thiophene rings is 1. The number of aliphatic hydroxyl groups excluding tert-OH is 1. The third-order valence-corrected chi connectivity index (χ3v) is 4.17. The van der Waals surface area contributed by atoms with Gasteiger partial charge in [-0.2, -0.15) is 11.3 Å². The summed E-state index contributed by atoms with van der Waals surface area (Å²) in [7, 11) is 0. The molecule has 0 saturated heterocycles. The second-order valence-corrected chi connectivity index (χ2v) is 6.13. The smallest absolute Gasteiger partial charge is 0.315 e. The molecule has 0 aliphatic rings. The van der Waals surface area contributed by atoms with Gasteiger partial charge in [0.05, 0.1) is 6.10 Å². The number of aryl methyl sites for hydroxylation is 1. The fourth-order valence-electron chi connectivity index (χ4n) is 2.15. The van der Waals surface area contributed by atoms with Gasteiger partial charge in [-0.25, -0.2) is 4.79 Å². The Balaban J connectivity index is 1.66. The molecule has 0 spiro atoms. The van der Waals surface area contributed by atoms with Crippen molar-refractivity contribution in [2.24, 2.45) is 0 Å². The molecule has 2 unspecified atom stereocenters. The zero-order valence-electron chi connectivity index (χ0n) is 12.7. The SMILES string of the molecule is CC(CCc1ccccc1)NC(=O)NCC(O)c1ccsc1.